The third kappa shape index (κ3) is 6.30. The zero-order valence-corrected chi connectivity index (χ0v) is 16.2. The standard InChI is InChI=1S/C16H32N4.HI/c1-4-5-9-20-10-7-6-8-14(20)12-18-16(17-3)19-15-11-13(15)2;/h13-15H,4-12H2,1-3H3,(H2,17,18,19);1H. The topological polar surface area (TPSA) is 39.7 Å². The van der Waals surface area contributed by atoms with Crippen molar-refractivity contribution in [2.24, 2.45) is 10.9 Å². The Morgan fingerprint density at radius 3 is 2.71 bits per heavy atom. The second-order valence-corrected chi connectivity index (χ2v) is 6.46. The van der Waals surface area contributed by atoms with Gasteiger partial charge in [0.1, 0.15) is 0 Å². The van der Waals surface area contributed by atoms with Crippen LogP contribution < -0.4 is 10.6 Å². The highest BCUT2D eigenvalue weighted by Gasteiger charge is 2.33. The molecule has 3 unspecified atom stereocenters. The van der Waals surface area contributed by atoms with E-state index in [9.17, 15) is 0 Å². The van der Waals surface area contributed by atoms with Crippen molar-refractivity contribution in [3.8, 4) is 0 Å². The second-order valence-electron chi connectivity index (χ2n) is 6.46. The highest BCUT2D eigenvalue weighted by atomic mass is 127. The van der Waals surface area contributed by atoms with E-state index in [2.05, 4.69) is 34.4 Å². The number of likely N-dealkylation sites (tertiary alicyclic amines) is 1. The van der Waals surface area contributed by atoms with Crippen molar-refractivity contribution in [2.45, 2.75) is 64.5 Å². The molecule has 21 heavy (non-hydrogen) atoms. The first kappa shape index (κ1) is 19.0. The summed E-state index contributed by atoms with van der Waals surface area (Å²) in [5.41, 5.74) is 0. The summed E-state index contributed by atoms with van der Waals surface area (Å²) >= 11 is 0. The number of nitrogens with zero attached hydrogens (tertiary/aromatic N) is 2. The molecule has 0 spiro atoms. The molecule has 1 heterocycles. The van der Waals surface area contributed by atoms with Crippen LogP contribution in [0.5, 0.6) is 0 Å². The van der Waals surface area contributed by atoms with Gasteiger partial charge in [-0.3, -0.25) is 9.89 Å². The maximum atomic E-state index is 4.35. The van der Waals surface area contributed by atoms with Crippen LogP contribution in [0, 0.1) is 5.92 Å². The van der Waals surface area contributed by atoms with Crippen molar-refractivity contribution < 1.29 is 0 Å². The molecule has 5 heteroatoms. The monoisotopic (exact) mass is 408 g/mol. The summed E-state index contributed by atoms with van der Waals surface area (Å²) < 4.78 is 0. The minimum atomic E-state index is 0. The maximum Gasteiger partial charge on any atom is 0.191 e. The Kier molecular flexibility index (Phi) is 8.94. The lowest BCUT2D eigenvalue weighted by Gasteiger charge is -2.36. The summed E-state index contributed by atoms with van der Waals surface area (Å²) in [6.45, 7) is 8.13. The Bertz CT molecular complexity index is 321. The summed E-state index contributed by atoms with van der Waals surface area (Å²) in [6.07, 6.45) is 7.97. The number of nitrogens with one attached hydrogen (secondary N) is 2. The summed E-state index contributed by atoms with van der Waals surface area (Å²) in [5, 5.41) is 7.04. The predicted molar refractivity (Wildman–Crippen MR) is 102 cm³/mol. The largest absolute Gasteiger partial charge is 0.355 e. The number of aliphatic imine (C=N–C) groups is 1. The molecule has 0 amide bonds. The third-order valence-electron chi connectivity index (χ3n) is 4.71. The Morgan fingerprint density at radius 2 is 2.10 bits per heavy atom. The van der Waals surface area contributed by atoms with Crippen molar-refractivity contribution >= 4 is 29.9 Å². The van der Waals surface area contributed by atoms with Gasteiger partial charge in [0.25, 0.3) is 0 Å². The average molecular weight is 408 g/mol. The van der Waals surface area contributed by atoms with E-state index in [0.29, 0.717) is 12.1 Å². The molecular formula is C16H33IN4. The SMILES string of the molecule is CCCCN1CCCCC1CNC(=NC)NC1CC1C.I. The Labute approximate surface area is 147 Å². The number of hydrogen-bond acceptors (Lipinski definition) is 2. The van der Waals surface area contributed by atoms with Crippen LogP contribution in [-0.2, 0) is 0 Å². The molecule has 0 aromatic carbocycles. The smallest absolute Gasteiger partial charge is 0.191 e. The van der Waals surface area contributed by atoms with Gasteiger partial charge < -0.3 is 10.6 Å². The lowest BCUT2D eigenvalue weighted by atomic mass is 10.0. The molecule has 1 aliphatic heterocycles. The molecule has 1 saturated heterocycles. The molecule has 1 saturated carbocycles. The van der Waals surface area contributed by atoms with Crippen LogP contribution in [0.15, 0.2) is 4.99 Å². The van der Waals surface area contributed by atoms with E-state index in [-0.39, 0.29) is 24.0 Å². The molecule has 2 fully saturated rings. The lowest BCUT2D eigenvalue weighted by molar-refractivity contribution is 0.147. The van der Waals surface area contributed by atoms with Crippen molar-refractivity contribution in [1.29, 1.82) is 0 Å². The van der Waals surface area contributed by atoms with Gasteiger partial charge in [-0.05, 0) is 44.7 Å². The first-order valence-corrected chi connectivity index (χ1v) is 8.45. The molecule has 2 rings (SSSR count). The Hall–Kier alpha value is -0.0400. The van der Waals surface area contributed by atoms with Crippen LogP contribution in [0.1, 0.15) is 52.4 Å². The first-order chi connectivity index (χ1) is 9.74. The molecule has 0 radical (unpaired) electrons. The van der Waals surface area contributed by atoms with Gasteiger partial charge in [-0.2, -0.15) is 0 Å². The van der Waals surface area contributed by atoms with Gasteiger partial charge in [-0.25, -0.2) is 0 Å². The fraction of sp³-hybridized carbons (Fsp3) is 0.938. The number of guanidine groups is 1. The number of piperidine rings is 1. The minimum Gasteiger partial charge on any atom is -0.355 e. The van der Waals surface area contributed by atoms with E-state index >= 15 is 0 Å². The van der Waals surface area contributed by atoms with Crippen molar-refractivity contribution in [3.63, 3.8) is 0 Å². The molecule has 0 bridgehead atoms. The fourth-order valence-electron chi connectivity index (χ4n) is 3.05. The highest BCUT2D eigenvalue weighted by molar-refractivity contribution is 14.0. The normalized spacial score (nSPS) is 29.7. The van der Waals surface area contributed by atoms with Crippen molar-refractivity contribution in [2.75, 3.05) is 26.7 Å². The molecule has 4 nitrogen and oxygen atoms in total. The fourth-order valence-corrected chi connectivity index (χ4v) is 3.05. The molecule has 1 aliphatic carbocycles. The van der Waals surface area contributed by atoms with E-state index in [1.165, 1.54) is 51.6 Å². The van der Waals surface area contributed by atoms with E-state index in [1.807, 2.05) is 7.05 Å². The Balaban J connectivity index is 0.00000220. The highest BCUT2D eigenvalue weighted by Crippen LogP contribution is 2.28. The summed E-state index contributed by atoms with van der Waals surface area (Å²) in [4.78, 5) is 7.02. The van der Waals surface area contributed by atoms with Crippen LogP contribution in [0.25, 0.3) is 0 Å². The summed E-state index contributed by atoms with van der Waals surface area (Å²) in [7, 11) is 1.87. The first-order valence-electron chi connectivity index (χ1n) is 8.45. The predicted octanol–water partition coefficient (Wildman–Crippen LogP) is 2.83. The van der Waals surface area contributed by atoms with Gasteiger partial charge in [0.2, 0.25) is 0 Å². The summed E-state index contributed by atoms with van der Waals surface area (Å²) in [5.74, 6) is 1.80. The van der Waals surface area contributed by atoms with Gasteiger partial charge in [0.15, 0.2) is 5.96 Å². The minimum absolute atomic E-state index is 0. The molecule has 0 aromatic heterocycles. The van der Waals surface area contributed by atoms with Crippen LogP contribution in [0.4, 0.5) is 0 Å². The number of rotatable bonds is 6. The maximum absolute atomic E-state index is 4.35. The third-order valence-corrected chi connectivity index (χ3v) is 4.71. The molecule has 2 N–H and O–H groups in total. The molecule has 2 aliphatic rings. The lowest BCUT2D eigenvalue weighted by Crippen LogP contribution is -2.49. The van der Waals surface area contributed by atoms with E-state index in [0.717, 1.165) is 18.4 Å². The van der Waals surface area contributed by atoms with Gasteiger partial charge in [0, 0.05) is 25.7 Å². The van der Waals surface area contributed by atoms with Gasteiger partial charge >= 0.3 is 0 Å². The zero-order valence-electron chi connectivity index (χ0n) is 13.9. The Morgan fingerprint density at radius 1 is 1.33 bits per heavy atom. The second kappa shape index (κ2) is 9.87. The number of hydrogen-bond donors (Lipinski definition) is 2. The van der Waals surface area contributed by atoms with Crippen LogP contribution in [-0.4, -0.2) is 49.6 Å². The van der Waals surface area contributed by atoms with Crippen LogP contribution >= 0.6 is 24.0 Å². The number of halogens is 1. The quantitative estimate of drug-likeness (QED) is 0.404. The molecule has 0 aromatic rings. The van der Waals surface area contributed by atoms with Gasteiger partial charge in [0.05, 0.1) is 0 Å². The van der Waals surface area contributed by atoms with Crippen LogP contribution in [0.2, 0.25) is 0 Å². The molecular weight excluding hydrogens is 375 g/mol. The van der Waals surface area contributed by atoms with E-state index < -0.39 is 0 Å². The number of unbranched alkanes of at least 4 members (excludes halogenated alkanes) is 1. The summed E-state index contributed by atoms with van der Waals surface area (Å²) in [6, 6.07) is 1.33. The van der Waals surface area contributed by atoms with E-state index in [1.54, 1.807) is 0 Å². The van der Waals surface area contributed by atoms with Crippen LogP contribution in [0.3, 0.4) is 0 Å². The molecule has 3 atom stereocenters. The van der Waals surface area contributed by atoms with Gasteiger partial charge in [-0.15, -0.1) is 24.0 Å². The van der Waals surface area contributed by atoms with Gasteiger partial charge in [-0.1, -0.05) is 26.7 Å². The molecule has 124 valence electrons. The van der Waals surface area contributed by atoms with Crippen molar-refractivity contribution in [1.82, 2.24) is 15.5 Å². The average Bonchev–Trinajstić information content (AvgIpc) is 3.17. The van der Waals surface area contributed by atoms with E-state index in [4.69, 9.17) is 0 Å². The van der Waals surface area contributed by atoms with Crippen molar-refractivity contribution in [3.05, 3.63) is 0 Å². The zero-order chi connectivity index (χ0) is 14.4.